The molecule has 1 rings (SSSR count). The van der Waals surface area contributed by atoms with E-state index in [1.807, 2.05) is 20.8 Å². The molecule has 0 aromatic heterocycles. The molecule has 0 N–H and O–H groups in total. The molecule has 0 bridgehead atoms. The van der Waals surface area contributed by atoms with Gasteiger partial charge in [0.15, 0.2) is 5.78 Å². The van der Waals surface area contributed by atoms with Crippen LogP contribution in [0.5, 0.6) is 0 Å². The van der Waals surface area contributed by atoms with Gasteiger partial charge in [-0.3, -0.25) is 4.79 Å². The minimum Gasteiger partial charge on any atom is -0.303 e. The van der Waals surface area contributed by atoms with Crippen LogP contribution in [0.15, 0.2) is 11.1 Å². The Labute approximate surface area is 79.0 Å². The fourth-order valence-electron chi connectivity index (χ4n) is 1.78. The third kappa shape index (κ3) is 2.06. The summed E-state index contributed by atoms with van der Waals surface area (Å²) in [5.74, 6) is 0.487. The van der Waals surface area contributed by atoms with E-state index >= 15 is 0 Å². The molecular formula is C11H16O2. The number of allylic oxidation sites excluding steroid dienone is 2. The second-order valence-electron chi connectivity index (χ2n) is 4.09. The Hall–Kier alpha value is -0.920. The van der Waals surface area contributed by atoms with E-state index in [1.54, 1.807) is 0 Å². The third-order valence-corrected chi connectivity index (χ3v) is 2.79. The van der Waals surface area contributed by atoms with E-state index in [9.17, 15) is 9.59 Å². The van der Waals surface area contributed by atoms with Gasteiger partial charge in [0.25, 0.3) is 0 Å². The summed E-state index contributed by atoms with van der Waals surface area (Å²) in [5.41, 5.74) is 1.93. The van der Waals surface area contributed by atoms with Gasteiger partial charge in [-0.1, -0.05) is 12.5 Å². The number of hydrogen-bond donors (Lipinski definition) is 0. The van der Waals surface area contributed by atoms with Crippen LogP contribution in [0.2, 0.25) is 0 Å². The first-order valence-corrected chi connectivity index (χ1v) is 4.71. The molecule has 0 amide bonds. The largest absolute Gasteiger partial charge is 0.303 e. The molecule has 0 radical (unpaired) electrons. The van der Waals surface area contributed by atoms with E-state index in [-0.39, 0.29) is 17.6 Å². The van der Waals surface area contributed by atoms with Crippen molar-refractivity contribution in [2.75, 3.05) is 0 Å². The summed E-state index contributed by atoms with van der Waals surface area (Å²) in [7, 11) is 0. The van der Waals surface area contributed by atoms with Crippen LogP contribution in [0.4, 0.5) is 0 Å². The van der Waals surface area contributed by atoms with Crippen molar-refractivity contribution in [1.82, 2.24) is 0 Å². The van der Waals surface area contributed by atoms with Gasteiger partial charge in [0.05, 0.1) is 0 Å². The maximum absolute atomic E-state index is 11.5. The molecular weight excluding hydrogens is 164 g/mol. The Bertz CT molecular complexity index is 259. The molecule has 1 aliphatic rings. The van der Waals surface area contributed by atoms with Crippen LogP contribution in [0, 0.1) is 11.8 Å². The number of ketones is 1. The van der Waals surface area contributed by atoms with Crippen LogP contribution in [-0.4, -0.2) is 12.1 Å². The summed E-state index contributed by atoms with van der Waals surface area (Å²) in [6.45, 7) is 5.84. The van der Waals surface area contributed by atoms with Gasteiger partial charge < -0.3 is 4.79 Å². The van der Waals surface area contributed by atoms with Crippen molar-refractivity contribution in [1.29, 1.82) is 0 Å². The van der Waals surface area contributed by atoms with Crippen molar-refractivity contribution in [3.63, 3.8) is 0 Å². The Kier molecular flexibility index (Phi) is 3.02. The fourth-order valence-corrected chi connectivity index (χ4v) is 1.78. The highest BCUT2D eigenvalue weighted by Crippen LogP contribution is 2.31. The van der Waals surface area contributed by atoms with Crippen LogP contribution in [0.25, 0.3) is 0 Å². The molecule has 0 saturated heterocycles. The molecule has 2 atom stereocenters. The van der Waals surface area contributed by atoms with Crippen LogP contribution >= 0.6 is 0 Å². The Morgan fingerprint density at radius 2 is 2.00 bits per heavy atom. The summed E-state index contributed by atoms with van der Waals surface area (Å²) in [5, 5.41) is 0. The number of Topliss-reactive ketones (excluding diaryl/α,β-unsaturated/α-hetero) is 1. The van der Waals surface area contributed by atoms with E-state index in [4.69, 9.17) is 0 Å². The predicted molar refractivity (Wildman–Crippen MR) is 51.3 cm³/mol. The summed E-state index contributed by atoms with van der Waals surface area (Å²) < 4.78 is 0. The number of aldehydes is 1. The number of rotatable bonds is 1. The maximum Gasteiger partial charge on any atom is 0.159 e. The van der Waals surface area contributed by atoms with Crippen molar-refractivity contribution in [2.24, 2.45) is 11.8 Å². The van der Waals surface area contributed by atoms with Crippen LogP contribution in [0.1, 0.15) is 33.6 Å². The Morgan fingerprint density at radius 1 is 1.38 bits per heavy atom. The summed E-state index contributed by atoms with van der Waals surface area (Å²) in [4.78, 5) is 22.2. The van der Waals surface area contributed by atoms with Crippen molar-refractivity contribution in [2.45, 2.75) is 33.6 Å². The molecule has 0 heterocycles. The lowest BCUT2D eigenvalue weighted by atomic mass is 9.77. The van der Waals surface area contributed by atoms with E-state index in [1.165, 1.54) is 0 Å². The van der Waals surface area contributed by atoms with Crippen molar-refractivity contribution < 1.29 is 9.59 Å². The van der Waals surface area contributed by atoms with Gasteiger partial charge in [-0.25, -0.2) is 0 Å². The van der Waals surface area contributed by atoms with Gasteiger partial charge in [0.2, 0.25) is 0 Å². The predicted octanol–water partition coefficient (Wildman–Crippen LogP) is 2.14. The average molecular weight is 180 g/mol. The summed E-state index contributed by atoms with van der Waals surface area (Å²) in [6, 6.07) is 0. The SMILES string of the molecule is CC(C)=C1CC(C=O)C(C)CC1=O. The molecule has 0 aromatic carbocycles. The first kappa shape index (κ1) is 10.2. The van der Waals surface area contributed by atoms with E-state index in [0.717, 1.165) is 17.4 Å². The van der Waals surface area contributed by atoms with Crippen LogP contribution < -0.4 is 0 Å². The first-order chi connectivity index (χ1) is 6.06. The lowest BCUT2D eigenvalue weighted by molar-refractivity contribution is -0.120. The molecule has 0 aromatic rings. The van der Waals surface area contributed by atoms with Gasteiger partial charge in [-0.15, -0.1) is 0 Å². The first-order valence-electron chi connectivity index (χ1n) is 4.71. The van der Waals surface area contributed by atoms with Crippen molar-refractivity contribution in [3.8, 4) is 0 Å². The zero-order valence-electron chi connectivity index (χ0n) is 8.46. The lowest BCUT2D eigenvalue weighted by Crippen LogP contribution is -2.26. The standard InChI is InChI=1S/C11H16O2/c1-7(2)10-5-9(6-12)8(3)4-11(10)13/h6,8-9H,4-5H2,1-3H3. The topological polar surface area (TPSA) is 34.1 Å². The number of carbonyl (C=O) groups excluding carboxylic acids is 2. The summed E-state index contributed by atoms with van der Waals surface area (Å²) in [6.07, 6.45) is 2.16. The average Bonchev–Trinajstić information content (AvgIpc) is 2.03. The zero-order valence-corrected chi connectivity index (χ0v) is 8.46. The molecule has 2 nitrogen and oxygen atoms in total. The second-order valence-corrected chi connectivity index (χ2v) is 4.09. The van der Waals surface area contributed by atoms with Gasteiger partial charge in [0.1, 0.15) is 6.29 Å². The molecule has 0 spiro atoms. The zero-order chi connectivity index (χ0) is 10.0. The fraction of sp³-hybridized carbons (Fsp3) is 0.636. The van der Waals surface area contributed by atoms with Crippen molar-refractivity contribution >= 4 is 12.1 Å². The molecule has 1 fully saturated rings. The lowest BCUT2D eigenvalue weighted by Gasteiger charge is -2.26. The van der Waals surface area contributed by atoms with Crippen molar-refractivity contribution in [3.05, 3.63) is 11.1 Å². The minimum absolute atomic E-state index is 0.0441. The number of hydrogen-bond acceptors (Lipinski definition) is 2. The quantitative estimate of drug-likeness (QED) is 0.457. The third-order valence-electron chi connectivity index (χ3n) is 2.79. The Morgan fingerprint density at radius 3 is 2.46 bits per heavy atom. The van der Waals surface area contributed by atoms with E-state index in [0.29, 0.717) is 12.8 Å². The molecule has 72 valence electrons. The molecule has 0 aliphatic heterocycles. The smallest absolute Gasteiger partial charge is 0.159 e. The summed E-state index contributed by atoms with van der Waals surface area (Å²) >= 11 is 0. The highest BCUT2D eigenvalue weighted by molar-refractivity contribution is 5.97. The molecule has 1 saturated carbocycles. The molecule has 2 heteroatoms. The van der Waals surface area contributed by atoms with Gasteiger partial charge in [-0.2, -0.15) is 0 Å². The second kappa shape index (κ2) is 3.86. The minimum atomic E-state index is 0.0441. The van der Waals surface area contributed by atoms with E-state index in [2.05, 4.69) is 0 Å². The highest BCUT2D eigenvalue weighted by Gasteiger charge is 2.29. The normalized spacial score (nSPS) is 28.8. The monoisotopic (exact) mass is 180 g/mol. The molecule has 2 unspecified atom stereocenters. The highest BCUT2D eigenvalue weighted by atomic mass is 16.1. The van der Waals surface area contributed by atoms with Gasteiger partial charge in [-0.05, 0) is 31.8 Å². The van der Waals surface area contributed by atoms with Gasteiger partial charge in [0, 0.05) is 12.3 Å². The van der Waals surface area contributed by atoms with Gasteiger partial charge >= 0.3 is 0 Å². The van der Waals surface area contributed by atoms with Crippen LogP contribution in [0.3, 0.4) is 0 Å². The Balaban J connectivity index is 2.88. The molecule has 1 aliphatic carbocycles. The maximum atomic E-state index is 11.5. The molecule has 13 heavy (non-hydrogen) atoms. The van der Waals surface area contributed by atoms with Crippen LogP contribution in [-0.2, 0) is 9.59 Å². The number of carbonyl (C=O) groups is 2. The van der Waals surface area contributed by atoms with E-state index < -0.39 is 0 Å².